The molecule has 0 unspecified atom stereocenters. The number of hydrogen-bond acceptors (Lipinski definition) is 6. The van der Waals surface area contributed by atoms with Crippen molar-refractivity contribution in [3.63, 3.8) is 0 Å². The number of carbonyl (C=O) groups excluding carboxylic acids is 1. The van der Waals surface area contributed by atoms with Crippen molar-refractivity contribution in [2.45, 2.75) is 4.90 Å². The Hall–Kier alpha value is -2.60. The van der Waals surface area contributed by atoms with Crippen molar-refractivity contribution >= 4 is 23.6 Å². The van der Waals surface area contributed by atoms with Crippen LogP contribution in [0, 0.1) is 0 Å². The van der Waals surface area contributed by atoms with Gasteiger partial charge in [0.05, 0.1) is 38.4 Å². The molecule has 0 amide bonds. The standard InChI is InChI=1S/C20H20O5S/c1-22-16-7-5-13(10-18(16)24-3)4-6-15(21)14-11-20-19(12-17(14)23-2)25-8-9-26-20/h4-7,10-12H,8-9H2,1-3H3/b6-4+. The molecule has 5 nitrogen and oxygen atoms in total. The third kappa shape index (κ3) is 3.80. The molecule has 0 atom stereocenters. The summed E-state index contributed by atoms with van der Waals surface area (Å²) in [5, 5.41) is 0. The Balaban J connectivity index is 1.87. The molecule has 0 fully saturated rings. The molecule has 0 spiro atoms. The maximum absolute atomic E-state index is 12.7. The van der Waals surface area contributed by atoms with Crippen molar-refractivity contribution in [2.24, 2.45) is 0 Å². The van der Waals surface area contributed by atoms with Crippen molar-refractivity contribution in [1.82, 2.24) is 0 Å². The van der Waals surface area contributed by atoms with Gasteiger partial charge in [-0.15, -0.1) is 11.8 Å². The summed E-state index contributed by atoms with van der Waals surface area (Å²) in [5.41, 5.74) is 1.35. The summed E-state index contributed by atoms with van der Waals surface area (Å²) in [6.45, 7) is 0.660. The summed E-state index contributed by atoms with van der Waals surface area (Å²) in [6.07, 6.45) is 3.27. The number of fused-ring (bicyclic) bond motifs is 1. The Kier molecular flexibility index (Phi) is 5.73. The van der Waals surface area contributed by atoms with E-state index in [0.717, 1.165) is 22.0 Å². The normalized spacial score (nSPS) is 13.0. The molecule has 136 valence electrons. The second-order valence-electron chi connectivity index (χ2n) is 5.51. The molecule has 2 aromatic rings. The molecule has 0 saturated carbocycles. The number of benzene rings is 2. The minimum absolute atomic E-state index is 0.134. The van der Waals surface area contributed by atoms with Crippen LogP contribution < -0.4 is 18.9 Å². The van der Waals surface area contributed by atoms with Crippen molar-refractivity contribution in [3.05, 3.63) is 47.5 Å². The van der Waals surface area contributed by atoms with Crippen molar-refractivity contribution < 1.29 is 23.7 Å². The van der Waals surface area contributed by atoms with Gasteiger partial charge < -0.3 is 18.9 Å². The van der Waals surface area contributed by atoms with E-state index in [-0.39, 0.29) is 5.78 Å². The molecule has 26 heavy (non-hydrogen) atoms. The van der Waals surface area contributed by atoms with Gasteiger partial charge in [0.15, 0.2) is 17.3 Å². The van der Waals surface area contributed by atoms with E-state index >= 15 is 0 Å². The summed E-state index contributed by atoms with van der Waals surface area (Å²) in [7, 11) is 4.71. The quantitative estimate of drug-likeness (QED) is 0.562. The largest absolute Gasteiger partial charge is 0.496 e. The fourth-order valence-corrected chi connectivity index (χ4v) is 3.50. The van der Waals surface area contributed by atoms with Gasteiger partial charge in [0.1, 0.15) is 11.5 Å². The first-order valence-electron chi connectivity index (χ1n) is 8.08. The topological polar surface area (TPSA) is 54.0 Å². The van der Waals surface area contributed by atoms with E-state index < -0.39 is 0 Å². The first-order valence-corrected chi connectivity index (χ1v) is 9.07. The van der Waals surface area contributed by atoms with Gasteiger partial charge in [0.25, 0.3) is 0 Å². The van der Waals surface area contributed by atoms with Gasteiger partial charge in [-0.25, -0.2) is 0 Å². The highest BCUT2D eigenvalue weighted by molar-refractivity contribution is 7.99. The van der Waals surface area contributed by atoms with Crippen molar-refractivity contribution in [3.8, 4) is 23.0 Å². The van der Waals surface area contributed by atoms with Crippen LogP contribution in [0.3, 0.4) is 0 Å². The Morgan fingerprint density at radius 1 is 1.04 bits per heavy atom. The number of methoxy groups -OCH3 is 3. The molecule has 1 aliphatic rings. The van der Waals surface area contributed by atoms with Gasteiger partial charge in [-0.2, -0.15) is 0 Å². The Labute approximate surface area is 156 Å². The maximum atomic E-state index is 12.7. The Bertz CT molecular complexity index is 844. The molecule has 0 bridgehead atoms. The van der Waals surface area contributed by atoms with Gasteiger partial charge >= 0.3 is 0 Å². The lowest BCUT2D eigenvalue weighted by molar-refractivity contribution is 0.104. The average molecular weight is 372 g/mol. The van der Waals surface area contributed by atoms with E-state index in [1.807, 2.05) is 18.2 Å². The second-order valence-corrected chi connectivity index (χ2v) is 6.64. The van der Waals surface area contributed by atoms with E-state index in [4.69, 9.17) is 18.9 Å². The first-order chi connectivity index (χ1) is 12.7. The van der Waals surface area contributed by atoms with Crippen LogP contribution >= 0.6 is 11.8 Å². The third-order valence-electron chi connectivity index (χ3n) is 3.96. The Morgan fingerprint density at radius 3 is 2.54 bits per heavy atom. The highest BCUT2D eigenvalue weighted by Gasteiger charge is 2.18. The van der Waals surface area contributed by atoms with Gasteiger partial charge in [0.2, 0.25) is 0 Å². The minimum atomic E-state index is -0.134. The fourth-order valence-electron chi connectivity index (χ4n) is 2.65. The lowest BCUT2D eigenvalue weighted by atomic mass is 10.1. The van der Waals surface area contributed by atoms with E-state index in [1.165, 1.54) is 6.08 Å². The molecular formula is C20H20O5S. The SMILES string of the molecule is COc1ccc(/C=C/C(=O)c2cc3c(cc2OC)OCCS3)cc1OC. The summed E-state index contributed by atoms with van der Waals surface area (Å²) in [4.78, 5) is 13.6. The zero-order valence-electron chi connectivity index (χ0n) is 14.9. The molecular weight excluding hydrogens is 352 g/mol. The zero-order chi connectivity index (χ0) is 18.5. The molecule has 0 radical (unpaired) electrons. The predicted octanol–water partition coefficient (Wildman–Crippen LogP) is 4.09. The summed E-state index contributed by atoms with van der Waals surface area (Å²) >= 11 is 1.68. The van der Waals surface area contributed by atoms with Crippen LogP contribution in [-0.4, -0.2) is 39.5 Å². The number of thioether (sulfide) groups is 1. The molecule has 0 aliphatic carbocycles. The first kappa shape index (κ1) is 18.2. The Morgan fingerprint density at radius 2 is 1.81 bits per heavy atom. The van der Waals surface area contributed by atoms with Crippen LogP contribution in [0.5, 0.6) is 23.0 Å². The lowest BCUT2D eigenvalue weighted by Crippen LogP contribution is -2.08. The van der Waals surface area contributed by atoms with Gasteiger partial charge in [0, 0.05) is 11.8 Å². The lowest BCUT2D eigenvalue weighted by Gasteiger charge is -2.18. The number of ether oxygens (including phenoxy) is 4. The molecule has 1 aliphatic heterocycles. The number of ketones is 1. The second kappa shape index (κ2) is 8.19. The minimum Gasteiger partial charge on any atom is -0.496 e. The van der Waals surface area contributed by atoms with Crippen molar-refractivity contribution in [1.29, 1.82) is 0 Å². The smallest absolute Gasteiger partial charge is 0.189 e. The number of allylic oxidation sites excluding steroid dienone is 1. The van der Waals surface area contributed by atoms with Crippen LogP contribution in [0.2, 0.25) is 0 Å². The molecule has 0 N–H and O–H groups in total. The monoisotopic (exact) mass is 372 g/mol. The van der Waals surface area contributed by atoms with Gasteiger partial charge in [-0.1, -0.05) is 12.1 Å². The molecule has 2 aromatic carbocycles. The van der Waals surface area contributed by atoms with E-state index in [0.29, 0.717) is 29.4 Å². The predicted molar refractivity (Wildman–Crippen MR) is 102 cm³/mol. The molecule has 0 saturated heterocycles. The molecule has 0 aromatic heterocycles. The van der Waals surface area contributed by atoms with Crippen LogP contribution in [0.1, 0.15) is 15.9 Å². The third-order valence-corrected chi connectivity index (χ3v) is 4.97. The maximum Gasteiger partial charge on any atom is 0.189 e. The number of hydrogen-bond donors (Lipinski definition) is 0. The number of rotatable bonds is 6. The summed E-state index contributed by atoms with van der Waals surface area (Å²) in [6, 6.07) is 9.09. The fraction of sp³-hybridized carbons (Fsp3) is 0.250. The van der Waals surface area contributed by atoms with E-state index in [1.54, 1.807) is 51.3 Å². The molecule has 1 heterocycles. The average Bonchev–Trinajstić information content (AvgIpc) is 2.70. The van der Waals surface area contributed by atoms with Crippen molar-refractivity contribution in [2.75, 3.05) is 33.7 Å². The highest BCUT2D eigenvalue weighted by atomic mass is 32.2. The molecule has 3 rings (SSSR count). The van der Waals surface area contributed by atoms with Crippen LogP contribution in [0.15, 0.2) is 41.3 Å². The van der Waals surface area contributed by atoms with Gasteiger partial charge in [-0.05, 0) is 29.8 Å². The zero-order valence-corrected chi connectivity index (χ0v) is 15.7. The summed E-state index contributed by atoms with van der Waals surface area (Å²) in [5.74, 6) is 3.26. The van der Waals surface area contributed by atoms with Crippen LogP contribution in [-0.2, 0) is 0 Å². The van der Waals surface area contributed by atoms with E-state index in [9.17, 15) is 4.79 Å². The van der Waals surface area contributed by atoms with Crippen LogP contribution in [0.25, 0.3) is 6.08 Å². The van der Waals surface area contributed by atoms with Gasteiger partial charge in [-0.3, -0.25) is 4.79 Å². The summed E-state index contributed by atoms with van der Waals surface area (Å²) < 4.78 is 21.5. The van der Waals surface area contributed by atoms with E-state index in [2.05, 4.69) is 0 Å². The van der Waals surface area contributed by atoms with Crippen LogP contribution in [0.4, 0.5) is 0 Å². The molecule has 6 heteroatoms. The highest BCUT2D eigenvalue weighted by Crippen LogP contribution is 2.38. The number of carbonyl (C=O) groups is 1.